The maximum absolute atomic E-state index is 12.9. The molecule has 3 rings (SSSR count). The van der Waals surface area contributed by atoms with Crippen LogP contribution < -0.4 is 5.32 Å². The van der Waals surface area contributed by atoms with Crippen LogP contribution in [0.15, 0.2) is 53.0 Å². The van der Waals surface area contributed by atoms with E-state index >= 15 is 0 Å². The maximum Gasteiger partial charge on any atom is 0.325 e. The summed E-state index contributed by atoms with van der Waals surface area (Å²) in [7, 11) is 0. The molecule has 2 aromatic rings. The van der Waals surface area contributed by atoms with Crippen LogP contribution in [0, 0.1) is 10.1 Å². The van der Waals surface area contributed by atoms with E-state index in [4.69, 9.17) is 0 Å². The predicted molar refractivity (Wildman–Crippen MR) is 93.7 cm³/mol. The van der Waals surface area contributed by atoms with Crippen LogP contribution in [0.3, 0.4) is 0 Å². The molecule has 0 spiro atoms. The van der Waals surface area contributed by atoms with Crippen LogP contribution >= 0.6 is 15.9 Å². The van der Waals surface area contributed by atoms with Gasteiger partial charge in [0.2, 0.25) is 0 Å². The fourth-order valence-electron chi connectivity index (χ4n) is 2.88. The van der Waals surface area contributed by atoms with E-state index in [1.54, 1.807) is 37.3 Å². The second-order valence-electron chi connectivity index (χ2n) is 5.81. The minimum Gasteiger partial charge on any atom is -0.319 e. The summed E-state index contributed by atoms with van der Waals surface area (Å²) < 4.78 is 0.693. The van der Waals surface area contributed by atoms with Crippen molar-refractivity contribution in [2.45, 2.75) is 19.0 Å². The van der Waals surface area contributed by atoms with E-state index < -0.39 is 22.4 Å². The molecular formula is C17H14BrN3O4. The molecule has 1 aliphatic heterocycles. The first kappa shape index (κ1) is 17.1. The molecule has 3 amide bonds. The van der Waals surface area contributed by atoms with Crippen molar-refractivity contribution in [3.8, 4) is 0 Å². The SMILES string of the molecule is CC1(c2ccccc2Br)NC(=O)N(Cc2ccccc2[N+](=O)[O-])C1=O. The Morgan fingerprint density at radius 3 is 2.48 bits per heavy atom. The monoisotopic (exact) mass is 403 g/mol. The van der Waals surface area contributed by atoms with E-state index in [1.807, 2.05) is 6.07 Å². The third-order valence-electron chi connectivity index (χ3n) is 4.20. The minimum absolute atomic E-state index is 0.127. The molecule has 1 aliphatic rings. The number of nitrogens with one attached hydrogen (secondary N) is 1. The number of nitro groups is 1. The van der Waals surface area contributed by atoms with Gasteiger partial charge in [0, 0.05) is 21.7 Å². The second kappa shape index (κ2) is 6.29. The van der Waals surface area contributed by atoms with Gasteiger partial charge < -0.3 is 5.32 Å². The van der Waals surface area contributed by atoms with Crippen LogP contribution in [-0.2, 0) is 16.9 Å². The van der Waals surface area contributed by atoms with Gasteiger partial charge in [-0.2, -0.15) is 0 Å². The highest BCUT2D eigenvalue weighted by Gasteiger charge is 2.50. The zero-order valence-corrected chi connectivity index (χ0v) is 14.8. The number of nitrogens with zero attached hydrogens (tertiary/aromatic N) is 2. The molecule has 0 aliphatic carbocycles. The predicted octanol–water partition coefficient (Wildman–Crippen LogP) is 3.32. The van der Waals surface area contributed by atoms with Gasteiger partial charge in [-0.3, -0.25) is 19.8 Å². The van der Waals surface area contributed by atoms with E-state index in [-0.39, 0.29) is 12.2 Å². The van der Waals surface area contributed by atoms with E-state index in [0.29, 0.717) is 15.6 Å². The van der Waals surface area contributed by atoms with Gasteiger partial charge in [-0.05, 0) is 13.0 Å². The Morgan fingerprint density at radius 2 is 1.80 bits per heavy atom. The van der Waals surface area contributed by atoms with Crippen LogP contribution in [-0.4, -0.2) is 21.8 Å². The average Bonchev–Trinajstić information content (AvgIpc) is 2.79. The fourth-order valence-corrected chi connectivity index (χ4v) is 3.56. The molecule has 25 heavy (non-hydrogen) atoms. The maximum atomic E-state index is 12.9. The number of hydrogen-bond donors (Lipinski definition) is 1. The third-order valence-corrected chi connectivity index (χ3v) is 4.90. The lowest BCUT2D eigenvalue weighted by molar-refractivity contribution is -0.385. The molecule has 2 aromatic carbocycles. The molecule has 0 bridgehead atoms. The summed E-state index contributed by atoms with van der Waals surface area (Å²) in [6.07, 6.45) is 0. The number of rotatable bonds is 4. The first-order chi connectivity index (χ1) is 11.8. The number of amides is 3. The van der Waals surface area contributed by atoms with Gasteiger partial charge in [0.15, 0.2) is 0 Å². The minimum atomic E-state index is -1.24. The lowest BCUT2D eigenvalue weighted by Crippen LogP contribution is -2.41. The number of urea groups is 1. The topological polar surface area (TPSA) is 92.6 Å². The highest BCUT2D eigenvalue weighted by molar-refractivity contribution is 9.10. The van der Waals surface area contributed by atoms with Crippen molar-refractivity contribution in [2.24, 2.45) is 0 Å². The molecule has 1 fully saturated rings. The molecule has 1 unspecified atom stereocenters. The molecule has 1 N–H and O–H groups in total. The molecule has 128 valence electrons. The average molecular weight is 404 g/mol. The van der Waals surface area contributed by atoms with Crippen LogP contribution in [0.25, 0.3) is 0 Å². The first-order valence-corrected chi connectivity index (χ1v) is 8.25. The van der Waals surface area contributed by atoms with Gasteiger partial charge in [0.1, 0.15) is 5.54 Å². The number of hydrogen-bond acceptors (Lipinski definition) is 4. The molecule has 1 heterocycles. The first-order valence-electron chi connectivity index (χ1n) is 7.46. The van der Waals surface area contributed by atoms with Crippen molar-refractivity contribution in [1.82, 2.24) is 10.2 Å². The summed E-state index contributed by atoms with van der Waals surface area (Å²) in [5, 5.41) is 13.8. The van der Waals surface area contributed by atoms with E-state index in [0.717, 1.165) is 4.90 Å². The second-order valence-corrected chi connectivity index (χ2v) is 6.67. The Hall–Kier alpha value is -2.74. The van der Waals surface area contributed by atoms with Gasteiger partial charge in [0.25, 0.3) is 11.6 Å². The molecule has 0 aromatic heterocycles. The molecule has 0 saturated carbocycles. The molecular weight excluding hydrogens is 390 g/mol. The standard InChI is InChI=1S/C17H14BrN3O4/c1-17(12-7-3-4-8-13(12)18)15(22)20(16(23)19-17)10-11-6-2-5-9-14(11)21(24)25/h2-9H,10H2,1H3,(H,19,23). The zero-order chi connectivity index (χ0) is 18.2. The summed E-state index contributed by atoms with van der Waals surface area (Å²) in [6, 6.07) is 12.6. The van der Waals surface area contributed by atoms with E-state index in [9.17, 15) is 19.7 Å². The number of para-hydroxylation sites is 1. The third kappa shape index (κ3) is 2.89. The normalized spacial score (nSPS) is 19.8. The lowest BCUT2D eigenvalue weighted by atomic mass is 9.92. The van der Waals surface area contributed by atoms with Gasteiger partial charge in [-0.1, -0.05) is 52.3 Å². The number of carbonyl (C=O) groups is 2. The number of nitro benzene ring substituents is 1. The molecule has 7 nitrogen and oxygen atoms in total. The van der Waals surface area contributed by atoms with Crippen LogP contribution in [0.5, 0.6) is 0 Å². The van der Waals surface area contributed by atoms with Crippen LogP contribution in [0.2, 0.25) is 0 Å². The number of benzene rings is 2. The van der Waals surface area contributed by atoms with Crippen molar-refractivity contribution < 1.29 is 14.5 Å². The largest absolute Gasteiger partial charge is 0.325 e. The van der Waals surface area contributed by atoms with Gasteiger partial charge >= 0.3 is 6.03 Å². The van der Waals surface area contributed by atoms with Crippen molar-refractivity contribution in [2.75, 3.05) is 0 Å². The van der Waals surface area contributed by atoms with Crippen molar-refractivity contribution in [3.63, 3.8) is 0 Å². The van der Waals surface area contributed by atoms with Crippen LogP contribution in [0.1, 0.15) is 18.1 Å². The zero-order valence-electron chi connectivity index (χ0n) is 13.2. The molecule has 8 heteroatoms. The Morgan fingerprint density at radius 1 is 1.16 bits per heavy atom. The summed E-state index contributed by atoms with van der Waals surface area (Å²) in [6.45, 7) is 1.45. The Balaban J connectivity index is 1.96. The molecule has 1 saturated heterocycles. The summed E-state index contributed by atoms with van der Waals surface area (Å²) in [5.74, 6) is -0.456. The quantitative estimate of drug-likeness (QED) is 0.481. The van der Waals surface area contributed by atoms with E-state index in [2.05, 4.69) is 21.2 Å². The van der Waals surface area contributed by atoms with Gasteiger partial charge in [0.05, 0.1) is 11.5 Å². The smallest absolute Gasteiger partial charge is 0.319 e. The number of carbonyl (C=O) groups excluding carboxylic acids is 2. The number of imide groups is 1. The van der Waals surface area contributed by atoms with Crippen molar-refractivity contribution in [1.29, 1.82) is 0 Å². The van der Waals surface area contributed by atoms with Crippen LogP contribution in [0.4, 0.5) is 10.5 Å². The Bertz CT molecular complexity index is 886. The summed E-state index contributed by atoms with van der Waals surface area (Å²) in [5.41, 5.74) is -0.441. The Kier molecular flexibility index (Phi) is 4.30. The number of halogens is 1. The van der Waals surface area contributed by atoms with Crippen molar-refractivity contribution >= 4 is 33.6 Å². The summed E-state index contributed by atoms with van der Waals surface area (Å²) >= 11 is 3.40. The van der Waals surface area contributed by atoms with Gasteiger partial charge in [-0.25, -0.2) is 4.79 Å². The molecule has 0 radical (unpaired) electrons. The fraction of sp³-hybridized carbons (Fsp3) is 0.176. The summed E-state index contributed by atoms with van der Waals surface area (Å²) in [4.78, 5) is 36.9. The van der Waals surface area contributed by atoms with E-state index in [1.165, 1.54) is 12.1 Å². The highest BCUT2D eigenvalue weighted by atomic mass is 79.9. The van der Waals surface area contributed by atoms with Crippen molar-refractivity contribution in [3.05, 3.63) is 74.2 Å². The Labute approximate surface area is 151 Å². The van der Waals surface area contributed by atoms with Gasteiger partial charge in [-0.15, -0.1) is 0 Å². The lowest BCUT2D eigenvalue weighted by Gasteiger charge is -2.23. The molecule has 1 atom stereocenters. The highest BCUT2D eigenvalue weighted by Crippen LogP contribution is 2.34.